The number of benzene rings is 1. The first kappa shape index (κ1) is 20.8. The molecule has 0 radical (unpaired) electrons. The summed E-state index contributed by atoms with van der Waals surface area (Å²) in [4.78, 5) is 26.2. The topological polar surface area (TPSA) is 63.5 Å². The Morgan fingerprint density at radius 1 is 1.03 bits per heavy atom. The van der Waals surface area contributed by atoms with Gasteiger partial charge in [-0.05, 0) is 49.2 Å². The maximum absolute atomic E-state index is 12.7. The first-order valence-electron chi connectivity index (χ1n) is 11.3. The van der Waals surface area contributed by atoms with E-state index in [0.29, 0.717) is 31.3 Å². The van der Waals surface area contributed by atoms with Crippen LogP contribution in [0.25, 0.3) is 11.3 Å². The highest BCUT2D eigenvalue weighted by Crippen LogP contribution is 2.26. The van der Waals surface area contributed by atoms with Gasteiger partial charge in [0.25, 0.3) is 5.56 Å². The molecule has 5 rings (SSSR count). The zero-order valence-corrected chi connectivity index (χ0v) is 18.5. The molecule has 4 heterocycles. The van der Waals surface area contributed by atoms with Crippen molar-refractivity contribution in [1.29, 1.82) is 0 Å². The van der Waals surface area contributed by atoms with Crippen molar-refractivity contribution in [3.8, 4) is 11.3 Å². The van der Waals surface area contributed by atoms with Gasteiger partial charge in [0.1, 0.15) is 6.10 Å². The highest BCUT2D eigenvalue weighted by Gasteiger charge is 2.25. The highest BCUT2D eigenvalue weighted by molar-refractivity contribution is 5.59. The van der Waals surface area contributed by atoms with Crippen LogP contribution in [0.1, 0.15) is 30.1 Å². The summed E-state index contributed by atoms with van der Waals surface area (Å²) in [5.41, 5.74) is 3.99. The minimum Gasteiger partial charge on any atom is -0.370 e. The second-order valence-electron chi connectivity index (χ2n) is 8.60. The zero-order valence-electron chi connectivity index (χ0n) is 18.5. The van der Waals surface area contributed by atoms with Gasteiger partial charge < -0.3 is 9.64 Å². The van der Waals surface area contributed by atoms with Gasteiger partial charge in [-0.3, -0.25) is 19.2 Å². The Morgan fingerprint density at radius 2 is 1.78 bits per heavy atom. The van der Waals surface area contributed by atoms with Crippen molar-refractivity contribution in [2.24, 2.45) is 7.05 Å². The molecule has 7 heteroatoms. The molecule has 7 nitrogen and oxygen atoms in total. The SMILES string of the molecule is Cn1c(N2CCO[C@@H](c3ccc(CN4CCCC4)cc3)C2)nc(-c2ccncc2)cc1=O. The van der Waals surface area contributed by atoms with Crippen LogP contribution in [0.3, 0.4) is 0 Å². The molecule has 2 fully saturated rings. The first-order chi connectivity index (χ1) is 15.7. The van der Waals surface area contributed by atoms with Crippen molar-refractivity contribution in [3.05, 3.63) is 76.3 Å². The molecule has 2 aliphatic rings. The number of anilines is 1. The second kappa shape index (κ2) is 9.22. The van der Waals surface area contributed by atoms with Crippen molar-refractivity contribution in [2.45, 2.75) is 25.5 Å². The largest absolute Gasteiger partial charge is 0.370 e. The maximum atomic E-state index is 12.7. The molecule has 1 aromatic carbocycles. The molecule has 0 unspecified atom stereocenters. The molecule has 2 aliphatic heterocycles. The number of rotatable bonds is 5. The van der Waals surface area contributed by atoms with E-state index in [0.717, 1.165) is 17.7 Å². The van der Waals surface area contributed by atoms with Gasteiger partial charge in [-0.2, -0.15) is 0 Å². The molecular weight excluding hydrogens is 402 g/mol. The molecule has 0 saturated carbocycles. The summed E-state index contributed by atoms with van der Waals surface area (Å²) in [5.74, 6) is 0.670. The van der Waals surface area contributed by atoms with Crippen LogP contribution in [0.5, 0.6) is 0 Å². The monoisotopic (exact) mass is 431 g/mol. The van der Waals surface area contributed by atoms with Gasteiger partial charge in [-0.1, -0.05) is 24.3 Å². The Hall–Kier alpha value is -3.03. The minimum atomic E-state index is -0.0730. The summed E-state index contributed by atoms with van der Waals surface area (Å²) in [6.45, 7) is 5.37. The molecule has 0 spiro atoms. The molecule has 1 atom stereocenters. The third-order valence-corrected chi connectivity index (χ3v) is 6.39. The number of pyridine rings is 1. The smallest absolute Gasteiger partial charge is 0.255 e. The van der Waals surface area contributed by atoms with E-state index < -0.39 is 0 Å². The molecule has 2 saturated heterocycles. The summed E-state index contributed by atoms with van der Waals surface area (Å²) in [7, 11) is 1.78. The van der Waals surface area contributed by atoms with E-state index in [4.69, 9.17) is 9.72 Å². The average molecular weight is 432 g/mol. The summed E-state index contributed by atoms with van der Waals surface area (Å²) in [6.07, 6.45) is 6.00. The van der Waals surface area contributed by atoms with Crippen LogP contribution in [0.2, 0.25) is 0 Å². The third kappa shape index (κ3) is 4.45. The lowest BCUT2D eigenvalue weighted by molar-refractivity contribution is 0.0389. The van der Waals surface area contributed by atoms with Gasteiger partial charge >= 0.3 is 0 Å². The molecule has 0 bridgehead atoms. The summed E-state index contributed by atoms with van der Waals surface area (Å²) >= 11 is 0. The molecule has 166 valence electrons. The van der Waals surface area contributed by atoms with Crippen molar-refractivity contribution < 1.29 is 4.74 Å². The number of morpholine rings is 1. The Kier molecular flexibility index (Phi) is 6.01. The summed E-state index contributed by atoms with van der Waals surface area (Å²) in [6, 6.07) is 14.1. The van der Waals surface area contributed by atoms with Crippen molar-refractivity contribution in [2.75, 3.05) is 37.7 Å². The fourth-order valence-electron chi connectivity index (χ4n) is 4.55. The lowest BCUT2D eigenvalue weighted by atomic mass is 10.1. The van der Waals surface area contributed by atoms with Gasteiger partial charge in [0.15, 0.2) is 0 Å². The highest BCUT2D eigenvalue weighted by atomic mass is 16.5. The molecule has 0 N–H and O–H groups in total. The Labute approximate surface area is 188 Å². The van der Waals surface area contributed by atoms with Crippen molar-refractivity contribution in [1.82, 2.24) is 19.4 Å². The average Bonchev–Trinajstić information content (AvgIpc) is 3.35. The third-order valence-electron chi connectivity index (χ3n) is 6.39. The summed E-state index contributed by atoms with van der Waals surface area (Å²) in [5, 5.41) is 0. The lowest BCUT2D eigenvalue weighted by Gasteiger charge is -2.34. The standard InChI is InChI=1S/C25H29N5O2/c1-28-24(31)16-22(20-8-10-26-11-9-20)27-25(28)30-14-15-32-23(18-30)21-6-4-19(5-7-21)17-29-12-2-3-13-29/h4-11,16,23H,2-3,12-15,17-18H2,1H3/t23-/m1/s1. The van der Waals surface area contributed by atoms with Gasteiger partial charge in [0.2, 0.25) is 5.95 Å². The minimum absolute atomic E-state index is 0.0499. The summed E-state index contributed by atoms with van der Waals surface area (Å²) < 4.78 is 7.72. The Balaban J connectivity index is 1.35. The van der Waals surface area contributed by atoms with E-state index in [1.165, 1.54) is 31.5 Å². The van der Waals surface area contributed by atoms with Crippen molar-refractivity contribution in [3.63, 3.8) is 0 Å². The zero-order chi connectivity index (χ0) is 21.9. The quantitative estimate of drug-likeness (QED) is 0.619. The second-order valence-corrected chi connectivity index (χ2v) is 8.60. The number of likely N-dealkylation sites (tertiary alicyclic amines) is 1. The fourth-order valence-corrected chi connectivity index (χ4v) is 4.55. The van der Waals surface area contributed by atoms with E-state index in [2.05, 4.69) is 39.0 Å². The molecule has 0 amide bonds. The van der Waals surface area contributed by atoms with Crippen LogP contribution < -0.4 is 10.5 Å². The van der Waals surface area contributed by atoms with Crippen LogP contribution in [0.4, 0.5) is 5.95 Å². The maximum Gasteiger partial charge on any atom is 0.255 e. The van der Waals surface area contributed by atoms with Crippen LogP contribution >= 0.6 is 0 Å². The number of hydrogen-bond donors (Lipinski definition) is 0. The van der Waals surface area contributed by atoms with E-state index >= 15 is 0 Å². The predicted molar refractivity (Wildman–Crippen MR) is 125 cm³/mol. The van der Waals surface area contributed by atoms with Gasteiger partial charge in [0.05, 0.1) is 18.8 Å². The first-order valence-corrected chi connectivity index (χ1v) is 11.3. The van der Waals surface area contributed by atoms with Crippen LogP contribution in [0.15, 0.2) is 59.7 Å². The molecular formula is C25H29N5O2. The van der Waals surface area contributed by atoms with E-state index in [1.54, 1.807) is 30.1 Å². The van der Waals surface area contributed by atoms with Crippen LogP contribution in [-0.4, -0.2) is 52.2 Å². The molecule has 32 heavy (non-hydrogen) atoms. The normalized spacial score (nSPS) is 19.4. The van der Waals surface area contributed by atoms with Crippen LogP contribution in [-0.2, 0) is 18.3 Å². The van der Waals surface area contributed by atoms with Gasteiger partial charge in [0, 0.05) is 44.2 Å². The molecule has 0 aliphatic carbocycles. The number of nitrogens with zero attached hydrogens (tertiary/aromatic N) is 5. The van der Waals surface area contributed by atoms with E-state index in [9.17, 15) is 4.79 Å². The molecule has 3 aromatic rings. The van der Waals surface area contributed by atoms with Crippen LogP contribution in [0, 0.1) is 0 Å². The van der Waals surface area contributed by atoms with Gasteiger partial charge in [-0.15, -0.1) is 0 Å². The Morgan fingerprint density at radius 3 is 2.53 bits per heavy atom. The fraction of sp³-hybridized carbons (Fsp3) is 0.400. The lowest BCUT2D eigenvalue weighted by Crippen LogP contribution is -2.41. The number of aromatic nitrogens is 3. The predicted octanol–water partition coefficient (Wildman–Crippen LogP) is 3.02. The van der Waals surface area contributed by atoms with E-state index in [-0.39, 0.29) is 11.7 Å². The molecule has 2 aromatic heterocycles. The number of hydrogen-bond acceptors (Lipinski definition) is 6. The van der Waals surface area contributed by atoms with E-state index in [1.807, 2.05) is 12.1 Å². The van der Waals surface area contributed by atoms with Gasteiger partial charge in [-0.25, -0.2) is 4.98 Å². The van der Waals surface area contributed by atoms with Crippen molar-refractivity contribution >= 4 is 5.95 Å². The number of ether oxygens (including phenoxy) is 1. The Bertz CT molecular complexity index is 1110.